The van der Waals surface area contributed by atoms with E-state index in [9.17, 15) is 5.11 Å². The standard InChI is InChI=1S/C15H21N3O/c1-2-14(19)12-17-7-9-18(10-8-17)15-6-4-3-5-13(15)11-16/h3-6,14,19H,2,7-10,12H2,1H3. The topological polar surface area (TPSA) is 50.5 Å². The van der Waals surface area contributed by atoms with Crippen molar-refractivity contribution in [1.82, 2.24) is 4.90 Å². The summed E-state index contributed by atoms with van der Waals surface area (Å²) in [5.41, 5.74) is 1.77. The number of hydrogen-bond donors (Lipinski definition) is 1. The van der Waals surface area contributed by atoms with Crippen molar-refractivity contribution in [1.29, 1.82) is 5.26 Å². The largest absolute Gasteiger partial charge is 0.392 e. The van der Waals surface area contributed by atoms with Gasteiger partial charge in [0, 0.05) is 32.7 Å². The first-order chi connectivity index (χ1) is 9.24. The van der Waals surface area contributed by atoms with Crippen LogP contribution in [0.4, 0.5) is 5.69 Å². The molecule has 1 N–H and O–H groups in total. The van der Waals surface area contributed by atoms with Gasteiger partial charge in [-0.05, 0) is 18.6 Å². The molecule has 1 aromatic carbocycles. The zero-order valence-electron chi connectivity index (χ0n) is 11.4. The Labute approximate surface area is 114 Å². The summed E-state index contributed by atoms with van der Waals surface area (Å²) in [6, 6.07) is 10.00. The Bertz CT molecular complexity index is 447. The molecule has 0 spiro atoms. The van der Waals surface area contributed by atoms with Crippen molar-refractivity contribution < 1.29 is 5.11 Å². The van der Waals surface area contributed by atoms with Crippen LogP contribution in [-0.4, -0.2) is 48.8 Å². The molecule has 0 aromatic heterocycles. The fourth-order valence-corrected chi connectivity index (χ4v) is 2.44. The molecule has 0 saturated carbocycles. The van der Waals surface area contributed by atoms with Crippen LogP contribution in [0.2, 0.25) is 0 Å². The van der Waals surface area contributed by atoms with Gasteiger partial charge in [-0.2, -0.15) is 5.26 Å². The number of piperazine rings is 1. The maximum absolute atomic E-state index is 9.68. The van der Waals surface area contributed by atoms with E-state index < -0.39 is 0 Å². The molecule has 4 nitrogen and oxygen atoms in total. The predicted octanol–water partition coefficient (Wildman–Crippen LogP) is 1.45. The summed E-state index contributed by atoms with van der Waals surface area (Å²) in [6.07, 6.45) is 0.579. The van der Waals surface area contributed by atoms with Crippen LogP contribution in [0, 0.1) is 11.3 Å². The molecule has 0 aliphatic carbocycles. The second kappa shape index (κ2) is 6.55. The first kappa shape index (κ1) is 13.9. The quantitative estimate of drug-likeness (QED) is 0.889. The van der Waals surface area contributed by atoms with E-state index in [-0.39, 0.29) is 6.10 Å². The van der Waals surface area contributed by atoms with Gasteiger partial charge in [0.05, 0.1) is 17.4 Å². The number of rotatable bonds is 4. The van der Waals surface area contributed by atoms with E-state index in [0.717, 1.165) is 50.4 Å². The van der Waals surface area contributed by atoms with Gasteiger partial charge in [0.1, 0.15) is 6.07 Å². The van der Waals surface area contributed by atoms with Crippen LogP contribution in [0.5, 0.6) is 0 Å². The van der Waals surface area contributed by atoms with Gasteiger partial charge >= 0.3 is 0 Å². The summed E-state index contributed by atoms with van der Waals surface area (Å²) >= 11 is 0. The number of nitrogens with zero attached hydrogens (tertiary/aromatic N) is 3. The number of nitriles is 1. The molecule has 0 amide bonds. The fraction of sp³-hybridized carbons (Fsp3) is 0.533. The molecular weight excluding hydrogens is 238 g/mol. The highest BCUT2D eigenvalue weighted by atomic mass is 16.3. The van der Waals surface area contributed by atoms with Crippen LogP contribution in [0.25, 0.3) is 0 Å². The van der Waals surface area contributed by atoms with Crippen LogP contribution in [0.15, 0.2) is 24.3 Å². The molecule has 2 rings (SSSR count). The van der Waals surface area contributed by atoms with Crippen LogP contribution in [0.3, 0.4) is 0 Å². The van der Waals surface area contributed by atoms with E-state index >= 15 is 0 Å². The Morgan fingerprint density at radius 3 is 2.58 bits per heavy atom. The number of β-amino-alcohol motifs (C(OH)–C–C–N with tert-alkyl or cyclic N) is 1. The highest BCUT2D eigenvalue weighted by Crippen LogP contribution is 2.21. The van der Waals surface area contributed by atoms with E-state index in [2.05, 4.69) is 15.9 Å². The second-order valence-electron chi connectivity index (χ2n) is 4.98. The van der Waals surface area contributed by atoms with Crippen molar-refractivity contribution >= 4 is 5.69 Å². The van der Waals surface area contributed by atoms with E-state index in [0.29, 0.717) is 0 Å². The molecule has 4 heteroatoms. The second-order valence-corrected chi connectivity index (χ2v) is 4.98. The van der Waals surface area contributed by atoms with E-state index in [1.54, 1.807) is 0 Å². The first-order valence-electron chi connectivity index (χ1n) is 6.89. The van der Waals surface area contributed by atoms with Gasteiger partial charge in [0.2, 0.25) is 0 Å². The average Bonchev–Trinajstić information content (AvgIpc) is 2.48. The molecular formula is C15H21N3O. The van der Waals surface area contributed by atoms with Gasteiger partial charge in [-0.1, -0.05) is 19.1 Å². The lowest BCUT2D eigenvalue weighted by atomic mass is 10.1. The summed E-state index contributed by atoms with van der Waals surface area (Å²) in [5, 5.41) is 18.8. The van der Waals surface area contributed by atoms with E-state index in [1.807, 2.05) is 31.2 Å². The fourth-order valence-electron chi connectivity index (χ4n) is 2.44. The maximum atomic E-state index is 9.68. The number of para-hydroxylation sites is 1. The smallest absolute Gasteiger partial charge is 0.101 e. The Morgan fingerprint density at radius 1 is 1.26 bits per heavy atom. The molecule has 1 unspecified atom stereocenters. The molecule has 1 aliphatic rings. The van der Waals surface area contributed by atoms with Gasteiger partial charge in [-0.3, -0.25) is 4.90 Å². The zero-order chi connectivity index (χ0) is 13.7. The van der Waals surface area contributed by atoms with Crippen molar-refractivity contribution in [2.75, 3.05) is 37.6 Å². The third-order valence-corrected chi connectivity index (χ3v) is 3.68. The van der Waals surface area contributed by atoms with Crippen LogP contribution < -0.4 is 4.90 Å². The summed E-state index contributed by atoms with van der Waals surface area (Å²) < 4.78 is 0. The summed E-state index contributed by atoms with van der Waals surface area (Å²) in [6.45, 7) is 6.46. The van der Waals surface area contributed by atoms with Crippen molar-refractivity contribution in [3.8, 4) is 6.07 Å². The molecule has 1 saturated heterocycles. The SMILES string of the molecule is CCC(O)CN1CCN(c2ccccc2C#N)CC1. The average molecular weight is 259 g/mol. The molecule has 1 aliphatic heterocycles. The number of anilines is 1. The normalized spacial score (nSPS) is 18.1. The first-order valence-corrected chi connectivity index (χ1v) is 6.89. The number of aliphatic hydroxyl groups is 1. The van der Waals surface area contributed by atoms with Gasteiger partial charge in [0.15, 0.2) is 0 Å². The van der Waals surface area contributed by atoms with Gasteiger partial charge < -0.3 is 10.0 Å². The van der Waals surface area contributed by atoms with Gasteiger partial charge in [-0.25, -0.2) is 0 Å². The molecule has 1 heterocycles. The van der Waals surface area contributed by atoms with Crippen molar-refractivity contribution in [2.24, 2.45) is 0 Å². The summed E-state index contributed by atoms with van der Waals surface area (Å²) in [4.78, 5) is 4.55. The molecule has 1 fully saturated rings. The Kier molecular flexibility index (Phi) is 4.78. The summed E-state index contributed by atoms with van der Waals surface area (Å²) in [5.74, 6) is 0. The van der Waals surface area contributed by atoms with Crippen LogP contribution >= 0.6 is 0 Å². The lowest BCUT2D eigenvalue weighted by Gasteiger charge is -2.37. The number of benzene rings is 1. The summed E-state index contributed by atoms with van der Waals surface area (Å²) in [7, 11) is 0. The molecule has 19 heavy (non-hydrogen) atoms. The van der Waals surface area contributed by atoms with Crippen LogP contribution in [-0.2, 0) is 0 Å². The number of aliphatic hydroxyl groups excluding tert-OH is 1. The van der Waals surface area contributed by atoms with E-state index in [1.165, 1.54) is 0 Å². The lowest BCUT2D eigenvalue weighted by molar-refractivity contribution is 0.106. The van der Waals surface area contributed by atoms with Crippen molar-refractivity contribution in [3.05, 3.63) is 29.8 Å². The van der Waals surface area contributed by atoms with Gasteiger partial charge in [-0.15, -0.1) is 0 Å². The molecule has 0 radical (unpaired) electrons. The number of hydrogen-bond acceptors (Lipinski definition) is 4. The third-order valence-electron chi connectivity index (χ3n) is 3.68. The zero-order valence-corrected chi connectivity index (χ0v) is 11.4. The van der Waals surface area contributed by atoms with Crippen LogP contribution in [0.1, 0.15) is 18.9 Å². The minimum Gasteiger partial charge on any atom is -0.392 e. The molecule has 1 aromatic rings. The van der Waals surface area contributed by atoms with Gasteiger partial charge in [0.25, 0.3) is 0 Å². The highest BCUT2D eigenvalue weighted by molar-refractivity contribution is 5.59. The Balaban J connectivity index is 1.95. The Morgan fingerprint density at radius 2 is 1.95 bits per heavy atom. The highest BCUT2D eigenvalue weighted by Gasteiger charge is 2.20. The molecule has 0 bridgehead atoms. The predicted molar refractivity (Wildman–Crippen MR) is 76.1 cm³/mol. The Hall–Kier alpha value is -1.57. The minimum absolute atomic E-state index is 0.224. The lowest BCUT2D eigenvalue weighted by Crippen LogP contribution is -2.48. The van der Waals surface area contributed by atoms with Crippen molar-refractivity contribution in [2.45, 2.75) is 19.4 Å². The maximum Gasteiger partial charge on any atom is 0.101 e. The van der Waals surface area contributed by atoms with Crippen molar-refractivity contribution in [3.63, 3.8) is 0 Å². The van der Waals surface area contributed by atoms with E-state index in [4.69, 9.17) is 5.26 Å². The monoisotopic (exact) mass is 259 g/mol. The molecule has 1 atom stereocenters. The minimum atomic E-state index is -0.224. The molecule has 102 valence electrons. The third kappa shape index (κ3) is 3.46.